The van der Waals surface area contributed by atoms with E-state index in [1.54, 1.807) is 6.07 Å². The molecule has 0 saturated heterocycles. The molecule has 1 aliphatic heterocycles. The van der Waals surface area contributed by atoms with Gasteiger partial charge >= 0.3 is 0 Å². The lowest BCUT2D eigenvalue weighted by molar-refractivity contribution is 0.174. The van der Waals surface area contributed by atoms with Crippen LogP contribution in [0.4, 0.5) is 0 Å². The van der Waals surface area contributed by atoms with Crippen LogP contribution in [0.15, 0.2) is 12.1 Å². The largest absolute Gasteiger partial charge is 0.508 e. The van der Waals surface area contributed by atoms with Gasteiger partial charge in [-0.1, -0.05) is 35.1 Å². The fourth-order valence-corrected chi connectivity index (χ4v) is 1.98. The molecule has 0 fully saturated rings. The van der Waals surface area contributed by atoms with Gasteiger partial charge in [-0.2, -0.15) is 0 Å². The number of halogens is 1. The van der Waals surface area contributed by atoms with Crippen LogP contribution in [-0.4, -0.2) is 24.6 Å². The minimum atomic E-state index is 0.142. The van der Waals surface area contributed by atoms with E-state index in [1.807, 2.05) is 6.07 Å². The number of rotatable bonds is 3. The Labute approximate surface area is 111 Å². The highest BCUT2D eigenvalue weighted by Gasteiger charge is 2.24. The molecule has 1 unspecified atom stereocenters. The van der Waals surface area contributed by atoms with E-state index in [1.165, 1.54) is 0 Å². The molecule has 5 heteroatoms. The molecule has 0 amide bonds. The summed E-state index contributed by atoms with van der Waals surface area (Å²) in [5, 5.41) is 10.1. The first-order chi connectivity index (χ1) is 7.88. The Balaban J connectivity index is 2.22. The summed E-state index contributed by atoms with van der Waals surface area (Å²) in [4.78, 5) is 0.293. The minimum absolute atomic E-state index is 0.142. The zero-order valence-electron chi connectivity index (χ0n) is 10.3. The van der Waals surface area contributed by atoms with E-state index in [0.29, 0.717) is 16.3 Å². The molecule has 0 radical (unpaired) electrons. The molecule has 1 aromatic carbocycles. The summed E-state index contributed by atoms with van der Waals surface area (Å²) in [5.41, 5.74) is 0.881. The molecule has 17 heavy (non-hydrogen) atoms. The summed E-state index contributed by atoms with van der Waals surface area (Å²) >= 11 is 3.67. The van der Waals surface area contributed by atoms with Gasteiger partial charge < -0.3 is 14.6 Å². The molecule has 1 N–H and O–H groups in total. The fourth-order valence-electron chi connectivity index (χ4n) is 1.64. The highest BCUT2D eigenvalue weighted by Crippen LogP contribution is 2.40. The molecule has 0 bridgehead atoms. The molecule has 0 saturated carbocycles. The van der Waals surface area contributed by atoms with Crippen LogP contribution in [0, 0.1) is 0 Å². The minimum Gasteiger partial charge on any atom is -0.508 e. The molecule has 1 heterocycles. The van der Waals surface area contributed by atoms with E-state index in [9.17, 15) is 5.11 Å². The van der Waals surface area contributed by atoms with Crippen molar-refractivity contribution in [2.75, 3.05) is 6.79 Å². The van der Waals surface area contributed by atoms with E-state index in [2.05, 4.69) is 37.6 Å². The average molecular weight is 299 g/mol. The van der Waals surface area contributed by atoms with Crippen molar-refractivity contribution in [2.24, 2.45) is 0 Å². The van der Waals surface area contributed by atoms with Gasteiger partial charge in [0.1, 0.15) is 13.6 Å². The fraction of sp³-hybridized carbons (Fsp3) is 0.500. The van der Waals surface area contributed by atoms with E-state index in [-0.39, 0.29) is 17.9 Å². The van der Waals surface area contributed by atoms with Crippen LogP contribution in [0.3, 0.4) is 0 Å². The third-order valence-electron chi connectivity index (χ3n) is 2.91. The van der Waals surface area contributed by atoms with Crippen molar-refractivity contribution in [3.05, 3.63) is 17.7 Å². The molecule has 0 aromatic heterocycles. The van der Waals surface area contributed by atoms with Crippen LogP contribution in [0.5, 0.6) is 17.2 Å². The molecule has 0 aliphatic carbocycles. The van der Waals surface area contributed by atoms with Crippen LogP contribution >= 0.6 is 15.9 Å². The van der Waals surface area contributed by atoms with Gasteiger partial charge in [0.05, 0.1) is 0 Å². The van der Waals surface area contributed by atoms with E-state index in [0.717, 1.165) is 12.0 Å². The number of hydrogen-bond acceptors (Lipinski definition) is 3. The van der Waals surface area contributed by atoms with Gasteiger partial charge in [-0.15, -0.1) is 0 Å². The third-order valence-corrected chi connectivity index (χ3v) is 4.61. The zero-order chi connectivity index (χ0) is 12.6. The molecule has 1 aromatic rings. The summed E-state index contributed by atoms with van der Waals surface area (Å²) < 4.78 is 10.5. The first-order valence-corrected chi connectivity index (χ1v) is 6.55. The van der Waals surface area contributed by atoms with Crippen molar-refractivity contribution < 1.29 is 14.6 Å². The molecule has 3 nitrogen and oxygen atoms in total. The smallest absolute Gasteiger partial charge is 0.231 e. The second-order valence-electron chi connectivity index (χ2n) is 5.37. The Morgan fingerprint density at radius 3 is 2.59 bits per heavy atom. The molecule has 0 spiro atoms. The zero-order valence-corrected chi connectivity index (χ0v) is 11.9. The first-order valence-electron chi connectivity index (χ1n) is 5.63. The van der Waals surface area contributed by atoms with Crippen molar-refractivity contribution in [1.29, 1.82) is 0 Å². The predicted octanol–water partition coefficient (Wildman–Crippen LogP) is 2.26. The highest BCUT2D eigenvalue weighted by atomic mass is 79.9. The second kappa shape index (κ2) is 4.44. The van der Waals surface area contributed by atoms with Gasteiger partial charge in [-0.3, -0.25) is 0 Å². The van der Waals surface area contributed by atoms with Gasteiger partial charge in [0, 0.05) is 10.9 Å². The lowest BCUT2D eigenvalue weighted by Crippen LogP contribution is -2.19. The van der Waals surface area contributed by atoms with Gasteiger partial charge in [-0.25, -0.2) is 0 Å². The molecule has 1 aliphatic rings. The second-order valence-corrected chi connectivity index (χ2v) is 6.48. The SMILES string of the molecule is BC(C)(C)C(Br)Cc1cc2c(cc1O)OCO2. The van der Waals surface area contributed by atoms with Gasteiger partial charge in [0.2, 0.25) is 6.79 Å². The maximum atomic E-state index is 9.93. The van der Waals surface area contributed by atoms with Crippen LogP contribution in [-0.2, 0) is 6.42 Å². The van der Waals surface area contributed by atoms with E-state index >= 15 is 0 Å². The summed E-state index contributed by atoms with van der Waals surface area (Å²) in [6, 6.07) is 3.48. The third kappa shape index (κ3) is 2.71. The summed E-state index contributed by atoms with van der Waals surface area (Å²) in [6.45, 7) is 4.56. The first kappa shape index (κ1) is 12.6. The number of fused-ring (bicyclic) bond motifs is 1. The lowest BCUT2D eigenvalue weighted by Gasteiger charge is -2.25. The lowest BCUT2D eigenvalue weighted by atomic mass is 9.69. The normalized spacial score (nSPS) is 15.9. The number of ether oxygens (including phenoxy) is 2. The Bertz CT molecular complexity index is 428. The topological polar surface area (TPSA) is 38.7 Å². The monoisotopic (exact) mass is 298 g/mol. The standard InChI is InChI=1S/C12H16BBrO3/c1-12(2,13)11(14)4-7-3-9-10(5-8(7)15)17-6-16-9/h3,5,11,15H,4,6,13H2,1-2H3. The van der Waals surface area contributed by atoms with Crippen molar-refractivity contribution in [1.82, 2.24) is 0 Å². The average Bonchev–Trinajstić information content (AvgIpc) is 2.63. The molecule has 2 rings (SSSR count). The van der Waals surface area contributed by atoms with Gasteiger partial charge in [0.15, 0.2) is 11.5 Å². The maximum absolute atomic E-state index is 9.93. The molecule has 92 valence electrons. The Morgan fingerprint density at radius 2 is 2.00 bits per heavy atom. The van der Waals surface area contributed by atoms with Gasteiger partial charge in [0.25, 0.3) is 0 Å². The maximum Gasteiger partial charge on any atom is 0.231 e. The Morgan fingerprint density at radius 1 is 1.41 bits per heavy atom. The van der Waals surface area contributed by atoms with E-state index in [4.69, 9.17) is 9.47 Å². The molecular weight excluding hydrogens is 283 g/mol. The van der Waals surface area contributed by atoms with Crippen LogP contribution in [0.2, 0.25) is 5.31 Å². The van der Waals surface area contributed by atoms with Gasteiger partial charge in [-0.05, 0) is 18.1 Å². The quantitative estimate of drug-likeness (QED) is 0.687. The predicted molar refractivity (Wildman–Crippen MR) is 73.2 cm³/mol. The summed E-state index contributed by atoms with van der Waals surface area (Å²) in [5.74, 6) is 1.60. The highest BCUT2D eigenvalue weighted by molar-refractivity contribution is 9.09. The van der Waals surface area contributed by atoms with E-state index < -0.39 is 0 Å². The van der Waals surface area contributed by atoms with Crippen molar-refractivity contribution in [3.63, 3.8) is 0 Å². The van der Waals surface area contributed by atoms with Crippen molar-refractivity contribution in [2.45, 2.75) is 30.4 Å². The number of benzene rings is 1. The number of alkyl halides is 1. The number of phenols is 1. The van der Waals surface area contributed by atoms with Crippen molar-refractivity contribution >= 4 is 23.8 Å². The van der Waals surface area contributed by atoms with Crippen LogP contribution < -0.4 is 9.47 Å². The summed E-state index contributed by atoms with van der Waals surface area (Å²) in [7, 11) is 2.16. The molecule has 1 atom stereocenters. The molecular formula is C12H16BBrO3. The Kier molecular flexibility index (Phi) is 3.30. The number of hydrogen-bond donors (Lipinski definition) is 1. The summed E-state index contributed by atoms with van der Waals surface area (Å²) in [6.07, 6.45) is 0.756. The Hall–Kier alpha value is -0.835. The number of phenolic OH excluding ortho intramolecular Hbond substituents is 1. The van der Waals surface area contributed by atoms with Crippen molar-refractivity contribution in [3.8, 4) is 17.2 Å². The number of aromatic hydroxyl groups is 1. The van der Waals surface area contributed by atoms with Crippen LogP contribution in [0.1, 0.15) is 19.4 Å². The van der Waals surface area contributed by atoms with Crippen LogP contribution in [0.25, 0.3) is 0 Å².